The third kappa shape index (κ3) is 3.18. The molecule has 2 atom stereocenters. The molecule has 0 aliphatic carbocycles. The van der Waals surface area contributed by atoms with Crippen molar-refractivity contribution in [2.75, 3.05) is 6.54 Å². The molecule has 94 valence electrons. The zero-order chi connectivity index (χ0) is 12.3. The second-order valence-electron chi connectivity index (χ2n) is 4.52. The Morgan fingerprint density at radius 2 is 2.18 bits per heavy atom. The van der Waals surface area contributed by atoms with Gasteiger partial charge in [-0.25, -0.2) is 4.39 Å². The molecule has 2 nitrogen and oxygen atoms in total. The normalized spacial score (nSPS) is 23.1. The molecule has 1 aromatic carbocycles. The maximum Gasteiger partial charge on any atom is 0.129 e. The lowest BCUT2D eigenvalue weighted by Crippen LogP contribution is -2.34. The topological polar surface area (TPSA) is 32.3 Å². The molecule has 4 heteroatoms. The highest BCUT2D eigenvalue weighted by atomic mass is 35.5. The molecule has 17 heavy (non-hydrogen) atoms. The van der Waals surface area contributed by atoms with E-state index in [2.05, 4.69) is 5.32 Å². The number of nitrogens with one attached hydrogen (secondary N) is 1. The van der Waals surface area contributed by atoms with Crippen LogP contribution in [0.2, 0.25) is 5.02 Å². The van der Waals surface area contributed by atoms with Crippen molar-refractivity contribution < 1.29 is 9.50 Å². The highest BCUT2D eigenvalue weighted by molar-refractivity contribution is 6.30. The number of aliphatic hydroxyl groups is 1. The minimum atomic E-state index is -0.827. The van der Waals surface area contributed by atoms with Gasteiger partial charge in [-0.2, -0.15) is 0 Å². The summed E-state index contributed by atoms with van der Waals surface area (Å²) in [5.74, 6) is -0.395. The summed E-state index contributed by atoms with van der Waals surface area (Å²) in [6.07, 6.45) is 3.38. The van der Waals surface area contributed by atoms with E-state index in [-0.39, 0.29) is 11.6 Å². The predicted octanol–water partition coefficient (Wildman–Crippen LogP) is 3.04. The quantitative estimate of drug-likeness (QED) is 0.854. The summed E-state index contributed by atoms with van der Waals surface area (Å²) in [6, 6.07) is 4.23. The molecule has 2 N–H and O–H groups in total. The number of aliphatic hydroxyl groups excluding tert-OH is 1. The first-order valence-corrected chi connectivity index (χ1v) is 6.42. The fourth-order valence-corrected chi connectivity index (χ4v) is 2.46. The van der Waals surface area contributed by atoms with Gasteiger partial charge in [0.2, 0.25) is 0 Å². The van der Waals surface area contributed by atoms with Crippen LogP contribution in [0.25, 0.3) is 0 Å². The third-order valence-electron chi connectivity index (χ3n) is 3.26. The minimum Gasteiger partial charge on any atom is -0.387 e. The van der Waals surface area contributed by atoms with Crippen LogP contribution in [0.15, 0.2) is 18.2 Å². The largest absolute Gasteiger partial charge is 0.387 e. The van der Waals surface area contributed by atoms with E-state index >= 15 is 0 Å². The Morgan fingerprint density at radius 3 is 3.00 bits per heavy atom. The number of benzene rings is 1. The molecule has 0 aromatic heterocycles. The van der Waals surface area contributed by atoms with Crippen molar-refractivity contribution in [2.45, 2.75) is 37.8 Å². The van der Waals surface area contributed by atoms with E-state index in [0.717, 1.165) is 32.2 Å². The molecule has 0 spiro atoms. The molecule has 1 aliphatic heterocycles. The molecule has 0 saturated carbocycles. The van der Waals surface area contributed by atoms with E-state index in [1.54, 1.807) is 0 Å². The van der Waals surface area contributed by atoms with Gasteiger partial charge in [0, 0.05) is 16.6 Å². The number of halogens is 2. The van der Waals surface area contributed by atoms with E-state index in [1.165, 1.54) is 18.2 Å². The summed E-state index contributed by atoms with van der Waals surface area (Å²) < 4.78 is 13.6. The van der Waals surface area contributed by atoms with Crippen LogP contribution < -0.4 is 5.32 Å². The smallest absolute Gasteiger partial charge is 0.129 e. The lowest BCUT2D eigenvalue weighted by atomic mass is 9.98. The minimum absolute atomic E-state index is 0.0783. The van der Waals surface area contributed by atoms with Crippen molar-refractivity contribution in [3.63, 3.8) is 0 Å². The average Bonchev–Trinajstić information content (AvgIpc) is 2.60. The summed E-state index contributed by atoms with van der Waals surface area (Å²) in [5.41, 5.74) is 0.289. The second kappa shape index (κ2) is 5.80. The molecule has 2 unspecified atom stereocenters. The predicted molar refractivity (Wildman–Crippen MR) is 66.6 cm³/mol. The van der Waals surface area contributed by atoms with Crippen LogP contribution in [-0.4, -0.2) is 17.7 Å². The van der Waals surface area contributed by atoms with Gasteiger partial charge in [-0.3, -0.25) is 0 Å². The third-order valence-corrected chi connectivity index (χ3v) is 3.49. The van der Waals surface area contributed by atoms with Crippen molar-refractivity contribution in [1.29, 1.82) is 0 Å². The van der Waals surface area contributed by atoms with Crippen molar-refractivity contribution in [3.8, 4) is 0 Å². The zero-order valence-electron chi connectivity index (χ0n) is 9.63. The van der Waals surface area contributed by atoms with E-state index in [4.69, 9.17) is 11.6 Å². The van der Waals surface area contributed by atoms with Crippen molar-refractivity contribution in [1.82, 2.24) is 5.32 Å². The molecule has 0 radical (unpaired) electrons. The van der Waals surface area contributed by atoms with Gasteiger partial charge >= 0.3 is 0 Å². The molecular weight excluding hydrogens is 241 g/mol. The molecule has 0 amide bonds. The first-order chi connectivity index (χ1) is 8.18. The molecule has 2 rings (SSSR count). The lowest BCUT2D eigenvalue weighted by molar-refractivity contribution is 0.122. The Hall–Kier alpha value is -0.640. The Kier molecular flexibility index (Phi) is 4.37. The van der Waals surface area contributed by atoms with Crippen molar-refractivity contribution in [3.05, 3.63) is 34.6 Å². The van der Waals surface area contributed by atoms with E-state index < -0.39 is 11.9 Å². The summed E-state index contributed by atoms with van der Waals surface area (Å²) in [5, 5.41) is 13.9. The highest BCUT2D eigenvalue weighted by Crippen LogP contribution is 2.26. The van der Waals surface area contributed by atoms with E-state index in [9.17, 15) is 9.50 Å². The van der Waals surface area contributed by atoms with Crippen molar-refractivity contribution in [2.24, 2.45) is 0 Å². The second-order valence-corrected chi connectivity index (χ2v) is 4.96. The molecule has 1 saturated heterocycles. The number of hydrogen-bond donors (Lipinski definition) is 2. The molecule has 1 heterocycles. The highest BCUT2D eigenvalue weighted by Gasteiger charge is 2.24. The summed E-state index contributed by atoms with van der Waals surface area (Å²) in [4.78, 5) is 0. The standard InChI is InChI=1S/C13H17ClFNO/c14-9-5-6-11(15)10(8-9)13(17)12-4-2-1-3-7-16-12/h5-6,8,12-13,16-17H,1-4,7H2. The number of rotatable bonds is 2. The van der Waals surface area contributed by atoms with Crippen LogP contribution in [0.4, 0.5) is 4.39 Å². The first-order valence-electron chi connectivity index (χ1n) is 6.05. The van der Waals surface area contributed by atoms with Crippen LogP contribution in [0.1, 0.15) is 37.4 Å². The summed E-state index contributed by atoms with van der Waals surface area (Å²) in [6.45, 7) is 0.879. The Balaban J connectivity index is 2.16. The summed E-state index contributed by atoms with van der Waals surface area (Å²) in [7, 11) is 0. The molecular formula is C13H17ClFNO. The molecule has 0 bridgehead atoms. The summed E-state index contributed by atoms with van der Waals surface area (Å²) >= 11 is 5.83. The fraction of sp³-hybridized carbons (Fsp3) is 0.538. The van der Waals surface area contributed by atoms with Crippen molar-refractivity contribution >= 4 is 11.6 Å². The van der Waals surface area contributed by atoms with Gasteiger partial charge in [0.15, 0.2) is 0 Å². The zero-order valence-corrected chi connectivity index (χ0v) is 10.4. The Labute approximate surface area is 106 Å². The Bertz CT molecular complexity index is 378. The molecule has 1 fully saturated rings. The van der Waals surface area contributed by atoms with Crippen LogP contribution >= 0.6 is 11.6 Å². The van der Waals surface area contributed by atoms with Crippen LogP contribution in [-0.2, 0) is 0 Å². The number of hydrogen-bond acceptors (Lipinski definition) is 2. The van der Waals surface area contributed by atoms with E-state index in [1.807, 2.05) is 0 Å². The maximum absolute atomic E-state index is 13.6. The van der Waals surface area contributed by atoms with Gasteiger partial charge in [-0.15, -0.1) is 0 Å². The molecule has 1 aliphatic rings. The van der Waals surface area contributed by atoms with Gasteiger partial charge in [-0.05, 0) is 37.6 Å². The van der Waals surface area contributed by atoms with Crippen LogP contribution in [0, 0.1) is 5.82 Å². The van der Waals surface area contributed by atoms with Gasteiger partial charge in [0.1, 0.15) is 5.82 Å². The maximum atomic E-state index is 13.6. The SMILES string of the molecule is OC(c1cc(Cl)ccc1F)C1CCCCCN1. The van der Waals surface area contributed by atoms with Gasteiger partial charge in [-0.1, -0.05) is 24.4 Å². The molecule has 1 aromatic rings. The Morgan fingerprint density at radius 1 is 1.35 bits per heavy atom. The van der Waals surface area contributed by atoms with Crippen LogP contribution in [0.5, 0.6) is 0 Å². The lowest BCUT2D eigenvalue weighted by Gasteiger charge is -2.23. The van der Waals surface area contributed by atoms with Gasteiger partial charge in [0.25, 0.3) is 0 Å². The van der Waals surface area contributed by atoms with E-state index in [0.29, 0.717) is 5.02 Å². The van der Waals surface area contributed by atoms with Gasteiger partial charge in [0.05, 0.1) is 6.10 Å². The monoisotopic (exact) mass is 257 g/mol. The first kappa shape index (κ1) is 12.8. The van der Waals surface area contributed by atoms with Gasteiger partial charge < -0.3 is 10.4 Å². The van der Waals surface area contributed by atoms with Crippen LogP contribution in [0.3, 0.4) is 0 Å². The fourth-order valence-electron chi connectivity index (χ4n) is 2.28. The average molecular weight is 258 g/mol.